The van der Waals surface area contributed by atoms with E-state index in [0.29, 0.717) is 12.5 Å². The van der Waals surface area contributed by atoms with Crippen LogP contribution < -0.4 is 5.32 Å². The molecule has 0 aromatic heterocycles. The van der Waals surface area contributed by atoms with Gasteiger partial charge in [0.2, 0.25) is 0 Å². The quantitative estimate of drug-likeness (QED) is 0.882. The van der Waals surface area contributed by atoms with Crippen molar-refractivity contribution in [3.63, 3.8) is 0 Å². The van der Waals surface area contributed by atoms with E-state index < -0.39 is 17.8 Å². The van der Waals surface area contributed by atoms with Gasteiger partial charge >= 0.3 is 12.0 Å². The molecule has 2 N–H and O–H groups in total. The Morgan fingerprint density at radius 3 is 2.53 bits per heavy atom. The van der Waals surface area contributed by atoms with Gasteiger partial charge in [-0.3, -0.25) is 0 Å². The van der Waals surface area contributed by atoms with Crippen LogP contribution >= 0.6 is 0 Å². The number of rotatable bonds is 4. The first-order valence-corrected chi connectivity index (χ1v) is 5.86. The van der Waals surface area contributed by atoms with Gasteiger partial charge in [0.05, 0.1) is 11.3 Å². The normalized spacial score (nSPS) is 10.4. The lowest BCUT2D eigenvalue weighted by Crippen LogP contribution is -2.34. The summed E-state index contributed by atoms with van der Waals surface area (Å²) in [6.45, 7) is 4.47. The van der Waals surface area contributed by atoms with E-state index >= 15 is 0 Å². The van der Waals surface area contributed by atoms with E-state index in [1.165, 1.54) is 17.0 Å². The number of carbonyl (C=O) groups excluding carboxylic acids is 1. The topological polar surface area (TPSA) is 69.6 Å². The Morgan fingerprint density at radius 1 is 1.42 bits per heavy atom. The van der Waals surface area contributed by atoms with E-state index in [0.717, 1.165) is 6.07 Å². The minimum atomic E-state index is -1.21. The fourth-order valence-corrected chi connectivity index (χ4v) is 1.59. The first kappa shape index (κ1) is 14.9. The summed E-state index contributed by atoms with van der Waals surface area (Å²) in [5.41, 5.74) is -0.198. The third kappa shape index (κ3) is 4.24. The largest absolute Gasteiger partial charge is 0.478 e. The highest BCUT2D eigenvalue weighted by Crippen LogP contribution is 2.16. The zero-order valence-corrected chi connectivity index (χ0v) is 11.1. The summed E-state index contributed by atoms with van der Waals surface area (Å²) >= 11 is 0. The Bertz CT molecular complexity index is 489. The maximum absolute atomic E-state index is 13.6. The third-order valence-electron chi connectivity index (χ3n) is 2.44. The molecule has 5 nitrogen and oxygen atoms in total. The summed E-state index contributed by atoms with van der Waals surface area (Å²) in [4.78, 5) is 23.8. The van der Waals surface area contributed by atoms with Gasteiger partial charge < -0.3 is 15.3 Å². The maximum atomic E-state index is 13.6. The van der Waals surface area contributed by atoms with Gasteiger partial charge in [0.1, 0.15) is 5.82 Å². The average molecular weight is 268 g/mol. The lowest BCUT2D eigenvalue weighted by molar-refractivity contribution is 0.0696. The maximum Gasteiger partial charge on any atom is 0.335 e. The van der Waals surface area contributed by atoms with Crippen molar-refractivity contribution >= 4 is 17.7 Å². The number of nitrogens with one attached hydrogen (secondary N) is 1. The van der Waals surface area contributed by atoms with Crippen LogP contribution in [-0.4, -0.2) is 35.6 Å². The number of nitrogens with zero attached hydrogens (tertiary/aromatic N) is 1. The summed E-state index contributed by atoms with van der Waals surface area (Å²) in [7, 11) is 1.61. The number of anilines is 1. The number of hydrogen-bond acceptors (Lipinski definition) is 2. The molecule has 1 aromatic carbocycles. The number of halogens is 1. The van der Waals surface area contributed by atoms with E-state index in [-0.39, 0.29) is 11.3 Å². The van der Waals surface area contributed by atoms with Crippen LogP contribution in [0.5, 0.6) is 0 Å². The number of aromatic carboxylic acids is 1. The second kappa shape index (κ2) is 6.17. The Morgan fingerprint density at radius 2 is 2.05 bits per heavy atom. The molecule has 0 radical (unpaired) electrons. The van der Waals surface area contributed by atoms with Crippen LogP contribution in [0.1, 0.15) is 24.2 Å². The van der Waals surface area contributed by atoms with Gasteiger partial charge in [-0.25, -0.2) is 14.0 Å². The molecule has 2 amide bonds. The van der Waals surface area contributed by atoms with Crippen LogP contribution in [0.2, 0.25) is 0 Å². The summed E-state index contributed by atoms with van der Waals surface area (Å²) in [5.74, 6) is -1.69. The van der Waals surface area contributed by atoms with Crippen LogP contribution in [-0.2, 0) is 0 Å². The molecule has 0 aliphatic carbocycles. The SMILES string of the molecule is CC(C)CN(C)C(=O)Nc1ccc(C(=O)O)cc1F. The average Bonchev–Trinajstić information content (AvgIpc) is 2.30. The number of amides is 2. The number of benzene rings is 1. The molecule has 0 fully saturated rings. The first-order chi connectivity index (χ1) is 8.81. The zero-order valence-electron chi connectivity index (χ0n) is 11.1. The summed E-state index contributed by atoms with van der Waals surface area (Å²) in [5, 5.41) is 11.1. The lowest BCUT2D eigenvalue weighted by atomic mass is 10.2. The summed E-state index contributed by atoms with van der Waals surface area (Å²) in [6, 6.07) is 2.92. The predicted octanol–water partition coefficient (Wildman–Crippen LogP) is 2.64. The molecule has 0 aliphatic heterocycles. The van der Waals surface area contributed by atoms with Gasteiger partial charge in [0, 0.05) is 13.6 Å². The molecule has 104 valence electrons. The van der Waals surface area contributed by atoms with E-state index in [9.17, 15) is 14.0 Å². The molecule has 0 aliphatic rings. The number of carbonyl (C=O) groups is 2. The fourth-order valence-electron chi connectivity index (χ4n) is 1.59. The van der Waals surface area contributed by atoms with Crippen LogP contribution in [0.3, 0.4) is 0 Å². The van der Waals surface area contributed by atoms with Crippen molar-refractivity contribution in [2.75, 3.05) is 18.9 Å². The van der Waals surface area contributed by atoms with Gasteiger partial charge in [0.25, 0.3) is 0 Å². The van der Waals surface area contributed by atoms with Crippen LogP contribution in [0.4, 0.5) is 14.9 Å². The third-order valence-corrected chi connectivity index (χ3v) is 2.44. The molecule has 19 heavy (non-hydrogen) atoms. The van der Waals surface area contributed by atoms with Crippen LogP contribution in [0, 0.1) is 11.7 Å². The molecule has 1 rings (SSSR count). The predicted molar refractivity (Wildman–Crippen MR) is 69.8 cm³/mol. The standard InChI is InChI=1S/C13H17FN2O3/c1-8(2)7-16(3)13(19)15-11-5-4-9(12(17)18)6-10(11)14/h4-6,8H,7H2,1-3H3,(H,15,19)(H,17,18). The van der Waals surface area contributed by atoms with Gasteiger partial charge in [-0.2, -0.15) is 0 Å². The second-order valence-electron chi connectivity index (χ2n) is 4.70. The lowest BCUT2D eigenvalue weighted by Gasteiger charge is -2.20. The van der Waals surface area contributed by atoms with Gasteiger partial charge in [-0.05, 0) is 24.1 Å². The molecule has 0 atom stereocenters. The Hall–Kier alpha value is -2.11. The Balaban J connectivity index is 2.77. The molecular formula is C13H17FN2O3. The van der Waals surface area contributed by atoms with E-state index in [2.05, 4.69) is 5.32 Å². The molecule has 1 aromatic rings. The van der Waals surface area contributed by atoms with Crippen molar-refractivity contribution in [3.05, 3.63) is 29.6 Å². The van der Waals surface area contributed by atoms with Crippen molar-refractivity contribution in [2.45, 2.75) is 13.8 Å². The number of hydrogen-bond donors (Lipinski definition) is 2. The van der Waals surface area contributed by atoms with Crippen molar-refractivity contribution in [3.8, 4) is 0 Å². The Labute approximate surface area is 111 Å². The summed E-state index contributed by atoms with van der Waals surface area (Å²) in [6.07, 6.45) is 0. The molecule has 0 unspecified atom stereocenters. The first-order valence-electron chi connectivity index (χ1n) is 5.86. The van der Waals surface area contributed by atoms with E-state index in [1.54, 1.807) is 7.05 Å². The van der Waals surface area contributed by atoms with Crippen molar-refractivity contribution in [1.82, 2.24) is 4.90 Å². The van der Waals surface area contributed by atoms with Crippen LogP contribution in [0.15, 0.2) is 18.2 Å². The van der Waals surface area contributed by atoms with Crippen molar-refractivity contribution in [2.24, 2.45) is 5.92 Å². The zero-order chi connectivity index (χ0) is 14.6. The minimum Gasteiger partial charge on any atom is -0.478 e. The second-order valence-corrected chi connectivity index (χ2v) is 4.70. The fraction of sp³-hybridized carbons (Fsp3) is 0.385. The van der Waals surface area contributed by atoms with Crippen molar-refractivity contribution in [1.29, 1.82) is 0 Å². The van der Waals surface area contributed by atoms with Crippen molar-refractivity contribution < 1.29 is 19.1 Å². The van der Waals surface area contributed by atoms with Gasteiger partial charge in [-0.15, -0.1) is 0 Å². The minimum absolute atomic E-state index is 0.0365. The molecule has 6 heteroatoms. The molecule has 0 heterocycles. The highest BCUT2D eigenvalue weighted by molar-refractivity contribution is 5.91. The highest BCUT2D eigenvalue weighted by atomic mass is 19.1. The summed E-state index contributed by atoms with van der Waals surface area (Å²) < 4.78 is 13.6. The molecule has 0 saturated carbocycles. The van der Waals surface area contributed by atoms with Crippen LogP contribution in [0.25, 0.3) is 0 Å². The number of carboxylic acid groups (broad SMARTS) is 1. The van der Waals surface area contributed by atoms with Gasteiger partial charge in [0.15, 0.2) is 0 Å². The van der Waals surface area contributed by atoms with E-state index in [1.807, 2.05) is 13.8 Å². The highest BCUT2D eigenvalue weighted by Gasteiger charge is 2.14. The molecule has 0 saturated heterocycles. The molecule has 0 bridgehead atoms. The van der Waals surface area contributed by atoms with E-state index in [4.69, 9.17) is 5.11 Å². The monoisotopic (exact) mass is 268 g/mol. The molecule has 0 spiro atoms. The smallest absolute Gasteiger partial charge is 0.335 e. The Kier molecular flexibility index (Phi) is 4.86. The molecular weight excluding hydrogens is 251 g/mol. The van der Waals surface area contributed by atoms with Gasteiger partial charge in [-0.1, -0.05) is 13.8 Å². The number of carboxylic acids is 1. The number of urea groups is 1.